The van der Waals surface area contributed by atoms with Crippen LogP contribution in [0.4, 0.5) is 5.82 Å². The summed E-state index contributed by atoms with van der Waals surface area (Å²) in [7, 11) is 0. The minimum atomic E-state index is 0.323. The van der Waals surface area contributed by atoms with Crippen molar-refractivity contribution in [2.24, 2.45) is 0 Å². The molecular formula is C4H3BrClN3. The summed E-state index contributed by atoms with van der Waals surface area (Å²) < 4.78 is 0.664. The standard InChI is InChI=1S/C4H3BrClN3/c5-2-1-3(7)8-9-4(2)6/h1H,(H2,7,8). The van der Waals surface area contributed by atoms with Crippen molar-refractivity contribution in [1.82, 2.24) is 10.2 Å². The summed E-state index contributed by atoms with van der Waals surface area (Å²) in [5.74, 6) is 0.353. The zero-order valence-electron chi connectivity index (χ0n) is 4.31. The van der Waals surface area contributed by atoms with E-state index in [0.717, 1.165) is 0 Å². The van der Waals surface area contributed by atoms with Crippen LogP contribution >= 0.6 is 27.5 Å². The third-order valence-electron chi connectivity index (χ3n) is 0.725. The molecule has 3 nitrogen and oxygen atoms in total. The van der Waals surface area contributed by atoms with Crippen LogP contribution in [0.15, 0.2) is 10.5 Å². The second kappa shape index (κ2) is 2.49. The SMILES string of the molecule is Nc1cc(Br)c(Cl)nn1. The van der Waals surface area contributed by atoms with E-state index in [-0.39, 0.29) is 0 Å². The van der Waals surface area contributed by atoms with Crippen molar-refractivity contribution < 1.29 is 0 Å². The molecule has 0 saturated carbocycles. The number of rotatable bonds is 0. The van der Waals surface area contributed by atoms with Gasteiger partial charge in [-0.3, -0.25) is 0 Å². The Morgan fingerprint density at radius 2 is 2.22 bits per heavy atom. The van der Waals surface area contributed by atoms with Gasteiger partial charge in [0.25, 0.3) is 0 Å². The van der Waals surface area contributed by atoms with Crippen molar-refractivity contribution >= 4 is 33.3 Å². The highest BCUT2D eigenvalue weighted by Crippen LogP contribution is 2.19. The Kier molecular flexibility index (Phi) is 1.87. The Morgan fingerprint density at radius 1 is 1.56 bits per heavy atom. The summed E-state index contributed by atoms with van der Waals surface area (Å²) in [6, 6.07) is 1.59. The topological polar surface area (TPSA) is 51.8 Å². The normalized spacial score (nSPS) is 9.56. The van der Waals surface area contributed by atoms with Crippen molar-refractivity contribution in [2.75, 3.05) is 5.73 Å². The summed E-state index contributed by atoms with van der Waals surface area (Å²) in [5.41, 5.74) is 5.27. The van der Waals surface area contributed by atoms with Gasteiger partial charge in [0, 0.05) is 0 Å². The molecule has 9 heavy (non-hydrogen) atoms. The average Bonchev–Trinajstić information content (AvgIpc) is 1.80. The van der Waals surface area contributed by atoms with Gasteiger partial charge in [-0.1, -0.05) is 11.6 Å². The molecule has 2 N–H and O–H groups in total. The lowest BCUT2D eigenvalue weighted by Crippen LogP contribution is -1.92. The van der Waals surface area contributed by atoms with Gasteiger partial charge in [-0.25, -0.2) is 0 Å². The molecule has 0 aliphatic heterocycles. The number of hydrogen-bond donors (Lipinski definition) is 1. The molecule has 0 radical (unpaired) electrons. The molecular weight excluding hydrogens is 205 g/mol. The molecule has 5 heteroatoms. The number of hydrogen-bond acceptors (Lipinski definition) is 3. The van der Waals surface area contributed by atoms with E-state index in [2.05, 4.69) is 26.1 Å². The maximum atomic E-state index is 5.50. The molecule has 0 amide bonds. The van der Waals surface area contributed by atoms with Crippen molar-refractivity contribution in [3.8, 4) is 0 Å². The van der Waals surface area contributed by atoms with Gasteiger partial charge in [0.05, 0.1) is 4.47 Å². The highest BCUT2D eigenvalue weighted by atomic mass is 79.9. The first-order chi connectivity index (χ1) is 4.20. The van der Waals surface area contributed by atoms with E-state index < -0.39 is 0 Å². The van der Waals surface area contributed by atoms with Gasteiger partial charge in [0.1, 0.15) is 5.82 Å². The highest BCUT2D eigenvalue weighted by Gasteiger charge is 1.97. The van der Waals surface area contributed by atoms with Crippen LogP contribution in [0.1, 0.15) is 0 Å². The first-order valence-electron chi connectivity index (χ1n) is 2.14. The predicted molar refractivity (Wildman–Crippen MR) is 39.2 cm³/mol. The van der Waals surface area contributed by atoms with Gasteiger partial charge in [-0.2, -0.15) is 0 Å². The maximum Gasteiger partial charge on any atom is 0.166 e. The Bertz CT molecular complexity index is 227. The summed E-state index contributed by atoms with van der Waals surface area (Å²) in [6.07, 6.45) is 0. The zero-order chi connectivity index (χ0) is 6.85. The second-order valence-electron chi connectivity index (χ2n) is 1.41. The molecule has 0 bridgehead atoms. The van der Waals surface area contributed by atoms with Crippen LogP contribution in [0.2, 0.25) is 5.15 Å². The van der Waals surface area contributed by atoms with Gasteiger partial charge in [0.2, 0.25) is 0 Å². The second-order valence-corrected chi connectivity index (χ2v) is 2.62. The van der Waals surface area contributed by atoms with Crippen LogP contribution in [0.5, 0.6) is 0 Å². The molecule has 0 spiro atoms. The Hall–Kier alpha value is -0.350. The molecule has 0 atom stereocenters. The third-order valence-corrected chi connectivity index (χ3v) is 1.84. The Morgan fingerprint density at radius 3 is 2.67 bits per heavy atom. The highest BCUT2D eigenvalue weighted by molar-refractivity contribution is 9.10. The number of halogens is 2. The number of nitrogens with two attached hydrogens (primary N) is 1. The molecule has 1 rings (SSSR count). The number of aromatic nitrogens is 2. The minimum absolute atomic E-state index is 0.323. The van der Waals surface area contributed by atoms with Crippen LogP contribution < -0.4 is 5.73 Å². The van der Waals surface area contributed by atoms with E-state index >= 15 is 0 Å². The number of nitrogens with zero attached hydrogens (tertiary/aromatic N) is 2. The summed E-state index contributed by atoms with van der Waals surface area (Å²) >= 11 is 8.64. The fraction of sp³-hybridized carbons (Fsp3) is 0. The van der Waals surface area contributed by atoms with Crippen molar-refractivity contribution in [1.29, 1.82) is 0 Å². The van der Waals surface area contributed by atoms with Crippen LogP contribution in [0.3, 0.4) is 0 Å². The van der Waals surface area contributed by atoms with E-state index in [1.165, 1.54) is 0 Å². The van der Waals surface area contributed by atoms with Crippen molar-refractivity contribution in [3.05, 3.63) is 15.7 Å². The van der Waals surface area contributed by atoms with Gasteiger partial charge in [-0.05, 0) is 22.0 Å². The van der Waals surface area contributed by atoms with Crippen LogP contribution in [0.25, 0.3) is 0 Å². The molecule has 1 heterocycles. The fourth-order valence-corrected chi connectivity index (χ4v) is 0.774. The largest absolute Gasteiger partial charge is 0.382 e. The molecule has 1 aromatic rings. The average molecular weight is 208 g/mol. The maximum absolute atomic E-state index is 5.50. The monoisotopic (exact) mass is 207 g/mol. The Labute approximate surface area is 65.3 Å². The minimum Gasteiger partial charge on any atom is -0.382 e. The van der Waals surface area contributed by atoms with Crippen molar-refractivity contribution in [2.45, 2.75) is 0 Å². The van der Waals surface area contributed by atoms with Gasteiger partial charge in [-0.15, -0.1) is 10.2 Å². The molecule has 0 aliphatic carbocycles. The summed E-state index contributed by atoms with van der Waals surface area (Å²) in [4.78, 5) is 0. The van der Waals surface area contributed by atoms with Gasteiger partial charge in [0.15, 0.2) is 5.15 Å². The van der Waals surface area contributed by atoms with E-state index in [0.29, 0.717) is 15.4 Å². The molecule has 0 aliphatic rings. The third kappa shape index (κ3) is 1.53. The van der Waals surface area contributed by atoms with Crippen LogP contribution in [0, 0.1) is 0 Å². The lowest BCUT2D eigenvalue weighted by atomic mass is 10.5. The summed E-state index contributed by atoms with van der Waals surface area (Å²) in [6.45, 7) is 0. The molecule has 0 aromatic carbocycles. The molecule has 1 aromatic heterocycles. The quantitative estimate of drug-likeness (QED) is 0.702. The molecule has 0 unspecified atom stereocenters. The van der Waals surface area contributed by atoms with Crippen molar-refractivity contribution in [3.63, 3.8) is 0 Å². The lowest BCUT2D eigenvalue weighted by Gasteiger charge is -1.92. The smallest absolute Gasteiger partial charge is 0.166 e. The fourth-order valence-electron chi connectivity index (χ4n) is 0.368. The van der Waals surface area contributed by atoms with Gasteiger partial charge >= 0.3 is 0 Å². The zero-order valence-corrected chi connectivity index (χ0v) is 6.65. The van der Waals surface area contributed by atoms with Gasteiger partial charge < -0.3 is 5.73 Å². The molecule has 48 valence electrons. The van der Waals surface area contributed by atoms with Crippen LogP contribution in [-0.2, 0) is 0 Å². The van der Waals surface area contributed by atoms with E-state index in [1.54, 1.807) is 6.07 Å². The summed E-state index contributed by atoms with van der Waals surface area (Å²) in [5, 5.41) is 7.35. The Balaban J connectivity index is 3.17. The molecule has 0 saturated heterocycles. The van der Waals surface area contributed by atoms with E-state index in [9.17, 15) is 0 Å². The van der Waals surface area contributed by atoms with E-state index in [1.807, 2.05) is 0 Å². The number of anilines is 1. The number of nitrogen functional groups attached to an aromatic ring is 1. The first-order valence-corrected chi connectivity index (χ1v) is 3.31. The molecule has 0 fully saturated rings. The lowest BCUT2D eigenvalue weighted by molar-refractivity contribution is 1.03. The first kappa shape index (κ1) is 6.77. The van der Waals surface area contributed by atoms with Crippen LogP contribution in [-0.4, -0.2) is 10.2 Å². The van der Waals surface area contributed by atoms with E-state index in [4.69, 9.17) is 17.3 Å². The predicted octanol–water partition coefficient (Wildman–Crippen LogP) is 1.47.